The van der Waals surface area contributed by atoms with E-state index >= 15 is 0 Å². The van der Waals surface area contributed by atoms with E-state index in [2.05, 4.69) is 0 Å². The summed E-state index contributed by atoms with van der Waals surface area (Å²) in [6, 6.07) is 3.08. The van der Waals surface area contributed by atoms with E-state index in [9.17, 15) is 0 Å². The van der Waals surface area contributed by atoms with Crippen LogP contribution in [0.4, 0.5) is 0 Å². The summed E-state index contributed by atoms with van der Waals surface area (Å²) in [7, 11) is 2.64. The smallest absolute Gasteiger partial charge is 0.0222 e. The summed E-state index contributed by atoms with van der Waals surface area (Å²) in [5.74, 6) is 0. The Morgan fingerprint density at radius 1 is 0.625 bits per heavy atom. The Morgan fingerprint density at radius 2 is 1.12 bits per heavy atom. The summed E-state index contributed by atoms with van der Waals surface area (Å²) in [6.45, 7) is 0. The highest BCUT2D eigenvalue weighted by Gasteiger charge is 1.97. The molecule has 0 unspecified atom stereocenters. The SMILES string of the molecule is C1CCC[Si][Si]CC1. The van der Waals surface area contributed by atoms with Crippen LogP contribution in [-0.4, -0.2) is 18.1 Å². The van der Waals surface area contributed by atoms with E-state index in [1.165, 1.54) is 43.8 Å². The summed E-state index contributed by atoms with van der Waals surface area (Å²) in [5.41, 5.74) is 0. The summed E-state index contributed by atoms with van der Waals surface area (Å²) < 4.78 is 0. The van der Waals surface area contributed by atoms with E-state index in [-0.39, 0.29) is 0 Å². The highest BCUT2D eigenvalue weighted by molar-refractivity contribution is 7.00. The van der Waals surface area contributed by atoms with Crippen molar-refractivity contribution in [3.8, 4) is 0 Å². The van der Waals surface area contributed by atoms with Crippen LogP contribution in [0, 0.1) is 0 Å². The molecule has 0 aromatic carbocycles. The average Bonchev–Trinajstić information content (AvgIpc) is 1.62. The first-order valence-electron chi connectivity index (χ1n) is 3.46. The van der Waals surface area contributed by atoms with Crippen LogP contribution in [0.3, 0.4) is 0 Å². The minimum Gasteiger partial charge on any atom is -0.0638 e. The quantitative estimate of drug-likeness (QED) is 0.449. The minimum atomic E-state index is 1.32. The topological polar surface area (TPSA) is 0 Å². The van der Waals surface area contributed by atoms with Gasteiger partial charge in [-0.05, 0) is 0 Å². The molecule has 0 nitrogen and oxygen atoms in total. The first kappa shape index (κ1) is 6.55. The first-order chi connectivity index (χ1) is 4.00. The fraction of sp³-hybridized carbons (Fsp3) is 1.00. The molecular weight excluding hydrogens is 128 g/mol. The summed E-state index contributed by atoms with van der Waals surface area (Å²) in [6.07, 6.45) is 6.06. The zero-order valence-electron chi connectivity index (χ0n) is 5.24. The maximum atomic E-state index is 1.54. The van der Waals surface area contributed by atoms with Crippen LogP contribution < -0.4 is 0 Å². The van der Waals surface area contributed by atoms with Gasteiger partial charge in [0.05, 0.1) is 0 Å². The predicted octanol–water partition coefficient (Wildman–Crippen LogP) is 1.72. The van der Waals surface area contributed by atoms with Gasteiger partial charge in [0.15, 0.2) is 0 Å². The molecule has 1 rings (SSSR count). The van der Waals surface area contributed by atoms with Crippen LogP contribution in [0.15, 0.2) is 0 Å². The largest absolute Gasteiger partial charge is 0.0638 e. The van der Waals surface area contributed by atoms with E-state index < -0.39 is 0 Å². The van der Waals surface area contributed by atoms with Gasteiger partial charge >= 0.3 is 0 Å². The lowest BCUT2D eigenvalue weighted by molar-refractivity contribution is 0.696. The van der Waals surface area contributed by atoms with Gasteiger partial charge in [-0.1, -0.05) is 37.8 Å². The Bertz CT molecular complexity index is 30.5. The van der Waals surface area contributed by atoms with Gasteiger partial charge in [0.2, 0.25) is 0 Å². The van der Waals surface area contributed by atoms with Crippen LogP contribution in [0.5, 0.6) is 0 Å². The fourth-order valence-electron chi connectivity index (χ4n) is 0.957. The van der Waals surface area contributed by atoms with Crippen molar-refractivity contribution in [3.63, 3.8) is 0 Å². The summed E-state index contributed by atoms with van der Waals surface area (Å²) in [5, 5.41) is 0. The van der Waals surface area contributed by atoms with Crippen molar-refractivity contribution in [2.45, 2.75) is 37.8 Å². The van der Waals surface area contributed by atoms with Crippen LogP contribution in [-0.2, 0) is 0 Å². The Hall–Kier alpha value is 0.434. The molecule has 0 N–H and O–H groups in total. The molecule has 0 aromatic rings. The molecule has 44 valence electrons. The molecule has 0 saturated carbocycles. The molecule has 0 bridgehead atoms. The Labute approximate surface area is 56.5 Å². The van der Waals surface area contributed by atoms with Crippen molar-refractivity contribution in [1.82, 2.24) is 0 Å². The van der Waals surface area contributed by atoms with Gasteiger partial charge in [-0.25, -0.2) is 0 Å². The van der Waals surface area contributed by atoms with Gasteiger partial charge in [-0.3, -0.25) is 0 Å². The first-order valence-corrected chi connectivity index (χ1v) is 6.87. The molecule has 8 heavy (non-hydrogen) atoms. The third-order valence-corrected chi connectivity index (χ3v) is 5.19. The zero-order chi connectivity index (χ0) is 5.66. The highest BCUT2D eigenvalue weighted by Crippen LogP contribution is 2.08. The van der Waals surface area contributed by atoms with Gasteiger partial charge < -0.3 is 0 Å². The Balaban J connectivity index is 2.00. The molecule has 0 atom stereocenters. The van der Waals surface area contributed by atoms with Crippen LogP contribution in [0.25, 0.3) is 0 Å². The molecule has 2 heteroatoms. The van der Waals surface area contributed by atoms with Gasteiger partial charge in [0.1, 0.15) is 0 Å². The van der Waals surface area contributed by atoms with E-state index in [1.807, 2.05) is 0 Å². The molecule has 1 aliphatic heterocycles. The molecule has 0 aliphatic carbocycles. The molecular formula is C6H12Si2. The maximum Gasteiger partial charge on any atom is 0.0222 e. The second-order valence-electron chi connectivity index (χ2n) is 2.27. The van der Waals surface area contributed by atoms with Gasteiger partial charge in [0.25, 0.3) is 0 Å². The van der Waals surface area contributed by atoms with Crippen molar-refractivity contribution >= 4 is 18.1 Å². The van der Waals surface area contributed by atoms with Gasteiger partial charge in [-0.2, -0.15) is 0 Å². The molecule has 0 aromatic heterocycles. The van der Waals surface area contributed by atoms with Crippen LogP contribution >= 0.6 is 0 Å². The van der Waals surface area contributed by atoms with Crippen molar-refractivity contribution in [2.24, 2.45) is 0 Å². The molecule has 0 amide bonds. The van der Waals surface area contributed by atoms with Gasteiger partial charge in [-0.15, -0.1) is 0 Å². The molecule has 1 heterocycles. The molecule has 0 spiro atoms. The molecule has 1 fully saturated rings. The summed E-state index contributed by atoms with van der Waals surface area (Å²) in [4.78, 5) is 0. The van der Waals surface area contributed by atoms with E-state index in [4.69, 9.17) is 0 Å². The van der Waals surface area contributed by atoms with E-state index in [1.54, 1.807) is 12.1 Å². The molecule has 1 saturated heterocycles. The highest BCUT2D eigenvalue weighted by atomic mass is 29.1. The predicted molar refractivity (Wildman–Crippen MR) is 39.6 cm³/mol. The lowest BCUT2D eigenvalue weighted by Gasteiger charge is -2.04. The summed E-state index contributed by atoms with van der Waals surface area (Å²) >= 11 is 0. The van der Waals surface area contributed by atoms with Crippen molar-refractivity contribution in [3.05, 3.63) is 0 Å². The minimum absolute atomic E-state index is 1.32. The standard InChI is InChI=1S/C6H12Si2/c1-2-4-6-8-7-5-3-1/h1-6H2. The maximum absolute atomic E-state index is 1.54. The van der Waals surface area contributed by atoms with Crippen LogP contribution in [0.2, 0.25) is 12.1 Å². The van der Waals surface area contributed by atoms with Crippen molar-refractivity contribution < 1.29 is 0 Å². The number of hydrogen-bond donors (Lipinski definition) is 0. The van der Waals surface area contributed by atoms with Gasteiger partial charge in [0, 0.05) is 18.1 Å². The molecule has 1 aliphatic rings. The van der Waals surface area contributed by atoms with E-state index in [0.717, 1.165) is 0 Å². The lowest BCUT2D eigenvalue weighted by Crippen LogP contribution is -2.04. The monoisotopic (exact) mass is 140 g/mol. The second-order valence-corrected chi connectivity index (χ2v) is 6.10. The third kappa shape index (κ3) is 2.67. The zero-order valence-corrected chi connectivity index (χ0v) is 7.24. The fourth-order valence-corrected chi connectivity index (χ4v) is 4.29. The number of rotatable bonds is 0. The average molecular weight is 140 g/mol. The third-order valence-electron chi connectivity index (χ3n) is 1.48. The second kappa shape index (κ2) is 4.33. The van der Waals surface area contributed by atoms with Crippen LogP contribution in [0.1, 0.15) is 25.7 Å². The van der Waals surface area contributed by atoms with E-state index in [0.29, 0.717) is 0 Å². The van der Waals surface area contributed by atoms with Crippen molar-refractivity contribution in [1.29, 1.82) is 0 Å². The molecule has 4 radical (unpaired) electrons. The lowest BCUT2D eigenvalue weighted by atomic mass is 10.2. The Morgan fingerprint density at radius 3 is 1.62 bits per heavy atom. The normalized spacial score (nSPS) is 24.0. The van der Waals surface area contributed by atoms with Crippen molar-refractivity contribution in [2.75, 3.05) is 0 Å². The number of hydrogen-bond acceptors (Lipinski definition) is 0. The Kier molecular flexibility index (Phi) is 3.54.